The van der Waals surface area contributed by atoms with Crippen molar-refractivity contribution in [2.24, 2.45) is 10.2 Å². The summed E-state index contributed by atoms with van der Waals surface area (Å²) >= 11 is 0. The Kier molecular flexibility index (Phi) is 5.16. The van der Waals surface area contributed by atoms with Crippen LogP contribution in [0.15, 0.2) is 46.6 Å². The Balaban J connectivity index is 1.47. The lowest BCUT2D eigenvalue weighted by Gasteiger charge is -2.08. The topological polar surface area (TPSA) is 204 Å². The molecule has 31 heavy (non-hydrogen) atoms. The van der Waals surface area contributed by atoms with E-state index in [9.17, 15) is 10.2 Å². The van der Waals surface area contributed by atoms with Gasteiger partial charge >= 0.3 is 0 Å². The Bertz CT molecular complexity index is 1180. The smallest absolute Gasteiger partial charge is 0.263 e. The fourth-order valence-electron chi connectivity index (χ4n) is 2.61. The van der Waals surface area contributed by atoms with Crippen molar-refractivity contribution < 1.29 is 10.2 Å². The van der Waals surface area contributed by atoms with Gasteiger partial charge in [0.05, 0.1) is 12.4 Å². The summed E-state index contributed by atoms with van der Waals surface area (Å²) in [6.07, 6.45) is 3.23. The zero-order valence-corrected chi connectivity index (χ0v) is 15.8. The Labute approximate surface area is 174 Å². The highest BCUT2D eigenvalue weighted by Gasteiger charge is 2.08. The first-order valence-electron chi connectivity index (χ1n) is 8.80. The van der Waals surface area contributed by atoms with E-state index in [-0.39, 0.29) is 23.4 Å². The van der Waals surface area contributed by atoms with E-state index in [1.54, 1.807) is 24.3 Å². The number of nitrogen functional groups attached to an aromatic ring is 2. The summed E-state index contributed by atoms with van der Waals surface area (Å²) in [5.74, 6) is 0.186. The number of aromatic nitrogens is 8. The highest BCUT2D eigenvalue weighted by Crippen LogP contribution is 2.26. The van der Waals surface area contributed by atoms with E-state index >= 15 is 0 Å². The van der Waals surface area contributed by atoms with Gasteiger partial charge < -0.3 is 21.7 Å². The average Bonchev–Trinajstić information content (AvgIpc) is 3.35. The number of tetrazole rings is 2. The highest BCUT2D eigenvalue weighted by molar-refractivity contribution is 5.81. The first-order chi connectivity index (χ1) is 15.0. The summed E-state index contributed by atoms with van der Waals surface area (Å²) in [7, 11) is 0. The van der Waals surface area contributed by atoms with Crippen molar-refractivity contribution in [3.63, 3.8) is 0 Å². The monoisotopic (exact) mass is 420 g/mol. The van der Waals surface area contributed by atoms with E-state index in [0.29, 0.717) is 28.7 Å². The molecular formula is C17H16N12O2. The van der Waals surface area contributed by atoms with Gasteiger partial charge in [0.15, 0.2) is 0 Å². The van der Waals surface area contributed by atoms with Crippen LogP contribution in [0.2, 0.25) is 0 Å². The standard InChI is InChI=1S/C17H16N12O2/c18-16-22-24-26-28(16)20-8-10-1-3-12(14(30)5-10)7-13-4-2-11(6-15(13)31)9-21-29-17(19)23-25-27-29/h1-6,8-9,30-31H,7H2,(H2,18,22,26)(H2,19,23,27). The lowest BCUT2D eigenvalue weighted by atomic mass is 10.0. The second kappa shape index (κ2) is 8.24. The first-order valence-corrected chi connectivity index (χ1v) is 8.80. The maximum Gasteiger partial charge on any atom is 0.263 e. The van der Waals surface area contributed by atoms with Gasteiger partial charge in [0.1, 0.15) is 11.5 Å². The molecule has 0 atom stereocenters. The molecule has 0 aliphatic heterocycles. The summed E-state index contributed by atoms with van der Waals surface area (Å²) in [5, 5.41) is 49.7. The van der Waals surface area contributed by atoms with Gasteiger partial charge in [-0.2, -0.15) is 10.2 Å². The van der Waals surface area contributed by atoms with Crippen LogP contribution in [0.4, 0.5) is 11.9 Å². The van der Waals surface area contributed by atoms with Gasteiger partial charge in [-0.05, 0) is 55.2 Å². The van der Waals surface area contributed by atoms with E-state index in [1.165, 1.54) is 24.6 Å². The molecule has 156 valence electrons. The molecule has 6 N–H and O–H groups in total. The summed E-state index contributed by atoms with van der Waals surface area (Å²) in [5.41, 5.74) is 13.6. The van der Waals surface area contributed by atoms with Crippen LogP contribution in [-0.4, -0.2) is 63.3 Å². The normalized spacial score (nSPS) is 11.6. The van der Waals surface area contributed by atoms with Gasteiger partial charge in [-0.25, -0.2) is 0 Å². The molecule has 2 aromatic heterocycles. The molecular weight excluding hydrogens is 404 g/mol. The molecule has 0 aliphatic rings. The fourth-order valence-corrected chi connectivity index (χ4v) is 2.61. The summed E-state index contributed by atoms with van der Waals surface area (Å²) in [4.78, 5) is 2.11. The summed E-state index contributed by atoms with van der Waals surface area (Å²) in [6.45, 7) is 0. The molecule has 0 fully saturated rings. The fraction of sp³-hybridized carbons (Fsp3) is 0.0588. The van der Waals surface area contributed by atoms with Crippen molar-refractivity contribution >= 4 is 24.3 Å². The molecule has 14 heteroatoms. The molecule has 0 bridgehead atoms. The van der Waals surface area contributed by atoms with Gasteiger partial charge in [-0.3, -0.25) is 0 Å². The number of nitrogens with zero attached hydrogens (tertiary/aromatic N) is 10. The van der Waals surface area contributed by atoms with Crippen molar-refractivity contribution in [3.05, 3.63) is 58.7 Å². The molecule has 4 rings (SSSR count). The molecule has 0 aliphatic carbocycles. The molecule has 0 amide bonds. The molecule has 2 heterocycles. The first kappa shape index (κ1) is 19.4. The minimum atomic E-state index is 0.0440. The number of phenols is 2. The lowest BCUT2D eigenvalue weighted by molar-refractivity contribution is 0.463. The van der Waals surface area contributed by atoms with Gasteiger partial charge in [-0.15, -0.1) is 0 Å². The van der Waals surface area contributed by atoms with Gasteiger partial charge in [0, 0.05) is 6.42 Å². The largest absolute Gasteiger partial charge is 0.508 e. The second-order valence-electron chi connectivity index (χ2n) is 6.30. The molecule has 0 unspecified atom stereocenters. The van der Waals surface area contributed by atoms with Gasteiger partial charge in [-0.1, -0.05) is 44.0 Å². The number of hydrogen-bond donors (Lipinski definition) is 4. The van der Waals surface area contributed by atoms with Crippen LogP contribution < -0.4 is 11.5 Å². The lowest BCUT2D eigenvalue weighted by Crippen LogP contribution is -2.00. The SMILES string of the molecule is Nc1nnnn1N=Cc1ccc(Cc2ccc(C=Nn3nnnc3N)cc2O)c(O)c1. The number of phenolic OH excluding ortho intramolecular Hbond substituents is 2. The average molecular weight is 420 g/mol. The minimum Gasteiger partial charge on any atom is -0.508 e. The maximum atomic E-state index is 10.4. The predicted octanol–water partition coefficient (Wildman–Crippen LogP) is -0.410. The third-order valence-electron chi connectivity index (χ3n) is 4.19. The van der Waals surface area contributed by atoms with Crippen molar-refractivity contribution in [1.82, 2.24) is 40.6 Å². The Hall–Kier alpha value is -4.88. The van der Waals surface area contributed by atoms with E-state index in [2.05, 4.69) is 41.3 Å². The van der Waals surface area contributed by atoms with Crippen LogP contribution in [0.5, 0.6) is 11.5 Å². The van der Waals surface area contributed by atoms with Crippen LogP contribution in [0.1, 0.15) is 22.3 Å². The number of rotatable bonds is 6. The number of anilines is 2. The van der Waals surface area contributed by atoms with Crippen molar-refractivity contribution in [2.75, 3.05) is 11.5 Å². The molecule has 0 saturated carbocycles. The van der Waals surface area contributed by atoms with Crippen LogP contribution in [0, 0.1) is 0 Å². The van der Waals surface area contributed by atoms with E-state index in [1.807, 2.05) is 0 Å². The van der Waals surface area contributed by atoms with E-state index in [4.69, 9.17) is 11.5 Å². The third kappa shape index (κ3) is 4.42. The molecule has 14 nitrogen and oxygen atoms in total. The second-order valence-corrected chi connectivity index (χ2v) is 6.30. The van der Waals surface area contributed by atoms with Gasteiger partial charge in [0.25, 0.3) is 11.9 Å². The molecule has 0 saturated heterocycles. The Morgan fingerprint density at radius 3 is 1.58 bits per heavy atom. The Morgan fingerprint density at radius 1 is 0.774 bits per heavy atom. The maximum absolute atomic E-state index is 10.4. The summed E-state index contributed by atoms with van der Waals surface area (Å²) < 4.78 is 0. The minimum absolute atomic E-state index is 0.0440. The molecule has 2 aromatic carbocycles. The van der Waals surface area contributed by atoms with Crippen molar-refractivity contribution in [3.8, 4) is 11.5 Å². The van der Waals surface area contributed by atoms with Crippen molar-refractivity contribution in [1.29, 1.82) is 0 Å². The van der Waals surface area contributed by atoms with E-state index in [0.717, 1.165) is 9.58 Å². The molecule has 0 spiro atoms. The van der Waals surface area contributed by atoms with Crippen LogP contribution in [-0.2, 0) is 6.42 Å². The zero-order chi connectivity index (χ0) is 21.8. The number of aromatic hydroxyl groups is 2. The number of nitrogens with two attached hydrogens (primary N) is 2. The third-order valence-corrected chi connectivity index (χ3v) is 4.19. The quantitative estimate of drug-likeness (QED) is 0.297. The van der Waals surface area contributed by atoms with Gasteiger partial charge in [0.2, 0.25) is 0 Å². The van der Waals surface area contributed by atoms with Crippen molar-refractivity contribution in [2.45, 2.75) is 6.42 Å². The summed E-state index contributed by atoms with van der Waals surface area (Å²) in [6, 6.07) is 10.0. The Morgan fingerprint density at radius 2 is 1.23 bits per heavy atom. The highest BCUT2D eigenvalue weighted by atomic mass is 16.3. The van der Waals surface area contributed by atoms with Crippen LogP contribution >= 0.6 is 0 Å². The predicted molar refractivity (Wildman–Crippen MR) is 109 cm³/mol. The van der Waals surface area contributed by atoms with Crippen LogP contribution in [0.25, 0.3) is 0 Å². The number of benzene rings is 2. The van der Waals surface area contributed by atoms with Crippen LogP contribution in [0.3, 0.4) is 0 Å². The zero-order valence-electron chi connectivity index (χ0n) is 15.8. The molecule has 0 radical (unpaired) electrons. The molecule has 4 aromatic rings. The number of hydrogen-bond acceptors (Lipinski definition) is 12. The van der Waals surface area contributed by atoms with E-state index < -0.39 is 0 Å².